The summed E-state index contributed by atoms with van der Waals surface area (Å²) in [6.07, 6.45) is 0. The zero-order valence-electron chi connectivity index (χ0n) is 17.6. The van der Waals surface area contributed by atoms with Gasteiger partial charge in [-0.15, -0.1) is 0 Å². The van der Waals surface area contributed by atoms with Crippen LogP contribution in [0, 0.1) is 0 Å². The first-order valence-electron chi connectivity index (χ1n) is 11.1. The molecule has 0 spiro atoms. The molecule has 8 rings (SSSR count). The maximum absolute atomic E-state index is 6.53. The van der Waals surface area contributed by atoms with E-state index >= 15 is 0 Å². The Bertz CT molecular complexity index is 1980. The van der Waals surface area contributed by atoms with Gasteiger partial charge in [-0.3, -0.25) is 0 Å². The lowest BCUT2D eigenvalue weighted by Crippen LogP contribution is -1.93. The molecule has 33 heavy (non-hydrogen) atoms. The summed E-state index contributed by atoms with van der Waals surface area (Å²) in [7, 11) is 0. The van der Waals surface area contributed by atoms with Crippen molar-refractivity contribution in [2.24, 2.45) is 0 Å². The number of hydrogen-bond donors (Lipinski definition) is 0. The minimum atomic E-state index is 0.838. The number of aromatic nitrogens is 1. The summed E-state index contributed by atoms with van der Waals surface area (Å²) in [6, 6.07) is 35.9. The second-order valence-corrected chi connectivity index (χ2v) is 8.57. The molecule has 0 aliphatic heterocycles. The van der Waals surface area contributed by atoms with Crippen molar-refractivity contribution in [2.75, 3.05) is 0 Å². The van der Waals surface area contributed by atoms with Crippen molar-refractivity contribution in [2.45, 2.75) is 0 Å². The molecule has 3 heteroatoms. The predicted octanol–water partition coefficient (Wildman–Crippen LogP) is 8.58. The Kier molecular flexibility index (Phi) is 3.14. The molecule has 3 heterocycles. The molecule has 0 atom stereocenters. The van der Waals surface area contributed by atoms with E-state index in [0.717, 1.165) is 49.6 Å². The van der Waals surface area contributed by atoms with Crippen molar-refractivity contribution in [1.29, 1.82) is 0 Å². The van der Waals surface area contributed by atoms with E-state index in [1.807, 2.05) is 18.2 Å². The highest BCUT2D eigenvalue weighted by atomic mass is 16.3. The average Bonchev–Trinajstić information content (AvgIpc) is 3.51. The van der Waals surface area contributed by atoms with Gasteiger partial charge in [0.2, 0.25) is 0 Å². The molecule has 0 bridgehead atoms. The summed E-state index contributed by atoms with van der Waals surface area (Å²) in [6.45, 7) is 0. The van der Waals surface area contributed by atoms with E-state index in [4.69, 9.17) is 8.83 Å². The highest BCUT2D eigenvalue weighted by Gasteiger charge is 2.18. The zero-order chi connectivity index (χ0) is 21.5. The molecule has 0 saturated carbocycles. The van der Waals surface area contributed by atoms with Gasteiger partial charge < -0.3 is 13.4 Å². The van der Waals surface area contributed by atoms with E-state index in [9.17, 15) is 0 Å². The van der Waals surface area contributed by atoms with Crippen LogP contribution in [0.3, 0.4) is 0 Å². The average molecular weight is 423 g/mol. The molecular weight excluding hydrogens is 406 g/mol. The molecule has 0 saturated heterocycles. The molecule has 0 unspecified atom stereocenters. The Hall–Kier alpha value is -4.50. The fraction of sp³-hybridized carbons (Fsp3) is 0. The molecule has 5 aromatic carbocycles. The van der Waals surface area contributed by atoms with Gasteiger partial charge in [0, 0.05) is 38.4 Å². The topological polar surface area (TPSA) is 31.2 Å². The van der Waals surface area contributed by atoms with Gasteiger partial charge in [0.1, 0.15) is 16.7 Å². The Morgan fingerprint density at radius 3 is 1.82 bits per heavy atom. The predicted molar refractivity (Wildman–Crippen MR) is 135 cm³/mol. The largest absolute Gasteiger partial charge is 0.456 e. The minimum absolute atomic E-state index is 0.838. The molecule has 0 aliphatic rings. The first-order chi connectivity index (χ1) is 16.4. The summed E-state index contributed by atoms with van der Waals surface area (Å²) >= 11 is 0. The van der Waals surface area contributed by atoms with E-state index in [-0.39, 0.29) is 0 Å². The van der Waals surface area contributed by atoms with Gasteiger partial charge in [0.15, 0.2) is 5.58 Å². The summed E-state index contributed by atoms with van der Waals surface area (Å²) < 4.78 is 15.0. The lowest BCUT2D eigenvalue weighted by molar-refractivity contribution is 0.655. The van der Waals surface area contributed by atoms with Crippen LogP contribution in [0.25, 0.3) is 71.4 Å². The first-order valence-corrected chi connectivity index (χ1v) is 11.1. The minimum Gasteiger partial charge on any atom is -0.456 e. The molecular formula is C30H17NO2. The normalized spacial score (nSPS) is 12.2. The van der Waals surface area contributed by atoms with Crippen LogP contribution in [0.1, 0.15) is 0 Å². The second kappa shape index (κ2) is 6.05. The molecule has 0 amide bonds. The molecule has 0 N–H and O–H groups in total. The Morgan fingerprint density at radius 1 is 0.424 bits per heavy atom. The Morgan fingerprint density at radius 2 is 1.03 bits per heavy atom. The van der Waals surface area contributed by atoms with Crippen LogP contribution in [0.15, 0.2) is 112 Å². The van der Waals surface area contributed by atoms with Crippen LogP contribution in [0.5, 0.6) is 0 Å². The number of fused-ring (bicyclic) bond motifs is 9. The van der Waals surface area contributed by atoms with Crippen LogP contribution in [-0.2, 0) is 0 Å². The highest BCUT2D eigenvalue weighted by Crippen LogP contribution is 2.40. The number of nitrogens with zero attached hydrogens (tertiary/aromatic N) is 1. The van der Waals surface area contributed by atoms with Crippen molar-refractivity contribution in [3.8, 4) is 5.69 Å². The lowest BCUT2D eigenvalue weighted by atomic mass is 10.1. The van der Waals surface area contributed by atoms with Gasteiger partial charge in [-0.2, -0.15) is 0 Å². The van der Waals surface area contributed by atoms with Crippen molar-refractivity contribution in [3.63, 3.8) is 0 Å². The summed E-state index contributed by atoms with van der Waals surface area (Å²) in [5, 5.41) is 6.93. The summed E-state index contributed by atoms with van der Waals surface area (Å²) in [5.41, 5.74) is 6.86. The van der Waals surface area contributed by atoms with E-state index in [2.05, 4.69) is 89.5 Å². The van der Waals surface area contributed by atoms with E-state index in [0.29, 0.717) is 0 Å². The van der Waals surface area contributed by atoms with Gasteiger partial charge in [-0.1, -0.05) is 66.7 Å². The number of furan rings is 2. The number of rotatable bonds is 1. The molecule has 0 radical (unpaired) electrons. The van der Waals surface area contributed by atoms with E-state index < -0.39 is 0 Å². The fourth-order valence-electron chi connectivity index (χ4n) is 5.36. The first kappa shape index (κ1) is 17.1. The summed E-state index contributed by atoms with van der Waals surface area (Å²) in [4.78, 5) is 0. The third-order valence-corrected chi connectivity index (χ3v) is 6.80. The molecule has 3 nitrogen and oxygen atoms in total. The van der Waals surface area contributed by atoms with Gasteiger partial charge in [0.25, 0.3) is 0 Å². The van der Waals surface area contributed by atoms with Crippen LogP contribution in [0.2, 0.25) is 0 Å². The van der Waals surface area contributed by atoms with Crippen molar-refractivity contribution >= 4 is 65.7 Å². The maximum atomic E-state index is 6.53. The standard InChI is InChI=1S/C30H17NO2/c1-4-12-24-18(8-1)19-9-2-5-13-25(19)31(24)26-14-7-11-21-23-16-22-20-10-3-6-15-27(20)32-28(22)17-29(23)33-30(21)26/h1-17H. The summed E-state index contributed by atoms with van der Waals surface area (Å²) in [5.74, 6) is 0. The third-order valence-electron chi connectivity index (χ3n) is 6.80. The van der Waals surface area contributed by atoms with Crippen molar-refractivity contribution in [1.82, 2.24) is 4.57 Å². The SMILES string of the molecule is c1ccc2c(c1)oc1cc3oc4c(-n5c6ccccc6c6ccccc65)cccc4c3cc12. The van der Waals surface area contributed by atoms with Crippen molar-refractivity contribution < 1.29 is 8.83 Å². The van der Waals surface area contributed by atoms with Gasteiger partial charge >= 0.3 is 0 Å². The van der Waals surface area contributed by atoms with Gasteiger partial charge in [0.05, 0.1) is 16.7 Å². The van der Waals surface area contributed by atoms with Crippen molar-refractivity contribution in [3.05, 3.63) is 103 Å². The molecule has 3 aromatic heterocycles. The maximum Gasteiger partial charge on any atom is 0.159 e. The third kappa shape index (κ3) is 2.18. The van der Waals surface area contributed by atoms with Gasteiger partial charge in [-0.25, -0.2) is 0 Å². The van der Waals surface area contributed by atoms with Crippen LogP contribution in [0.4, 0.5) is 0 Å². The van der Waals surface area contributed by atoms with Crippen LogP contribution in [-0.4, -0.2) is 4.57 Å². The molecule has 8 aromatic rings. The van der Waals surface area contributed by atoms with Crippen LogP contribution >= 0.6 is 0 Å². The number of hydrogen-bond acceptors (Lipinski definition) is 2. The quantitative estimate of drug-likeness (QED) is 0.265. The molecule has 0 fully saturated rings. The van der Waals surface area contributed by atoms with Gasteiger partial charge in [-0.05, 0) is 30.3 Å². The number of benzene rings is 5. The molecule has 154 valence electrons. The van der Waals surface area contributed by atoms with Crippen LogP contribution < -0.4 is 0 Å². The Labute approximate surface area is 188 Å². The smallest absolute Gasteiger partial charge is 0.159 e. The highest BCUT2D eigenvalue weighted by molar-refractivity contribution is 6.17. The van der Waals surface area contributed by atoms with E-state index in [1.165, 1.54) is 21.8 Å². The Balaban J connectivity index is 1.51. The second-order valence-electron chi connectivity index (χ2n) is 8.57. The zero-order valence-corrected chi connectivity index (χ0v) is 17.6. The monoisotopic (exact) mass is 423 g/mol. The lowest BCUT2D eigenvalue weighted by Gasteiger charge is -2.08. The van der Waals surface area contributed by atoms with E-state index in [1.54, 1.807) is 0 Å². The fourth-order valence-corrected chi connectivity index (χ4v) is 5.36. The number of para-hydroxylation sites is 4. The molecule has 0 aliphatic carbocycles.